The maximum Gasteiger partial charge on any atom is 0.229 e. The lowest BCUT2D eigenvalue weighted by molar-refractivity contribution is -0.158. The molecule has 2 amide bonds. The number of piperidine rings is 2. The topological polar surface area (TPSA) is 74.0 Å². The molecule has 3 heterocycles. The number of aliphatic hydroxyl groups is 1. The van der Waals surface area contributed by atoms with E-state index >= 15 is 0 Å². The first-order valence-electron chi connectivity index (χ1n) is 12.0. The molecular formula is C26H34N2O4. The van der Waals surface area contributed by atoms with Crippen molar-refractivity contribution >= 4 is 22.8 Å². The van der Waals surface area contributed by atoms with Crippen molar-refractivity contribution in [3.63, 3.8) is 0 Å². The summed E-state index contributed by atoms with van der Waals surface area (Å²) in [7, 11) is 0. The highest BCUT2D eigenvalue weighted by atomic mass is 16.3. The van der Waals surface area contributed by atoms with Crippen molar-refractivity contribution in [3.8, 4) is 0 Å². The fourth-order valence-electron chi connectivity index (χ4n) is 5.84. The van der Waals surface area contributed by atoms with Crippen LogP contribution in [0.2, 0.25) is 0 Å². The van der Waals surface area contributed by atoms with Gasteiger partial charge in [0.05, 0.1) is 24.2 Å². The van der Waals surface area contributed by atoms with Crippen molar-refractivity contribution in [2.45, 2.75) is 65.4 Å². The van der Waals surface area contributed by atoms with Gasteiger partial charge in [-0.3, -0.25) is 9.59 Å². The molecule has 2 aliphatic heterocycles. The summed E-state index contributed by atoms with van der Waals surface area (Å²) < 4.78 is 5.85. The number of likely N-dealkylation sites (tertiary alicyclic amines) is 2. The average Bonchev–Trinajstić information content (AvgIpc) is 3.47. The number of rotatable bonds is 4. The van der Waals surface area contributed by atoms with Gasteiger partial charge in [0, 0.05) is 37.1 Å². The number of fused-ring (bicyclic) bond motifs is 1. The van der Waals surface area contributed by atoms with E-state index in [0.29, 0.717) is 51.2 Å². The third-order valence-electron chi connectivity index (χ3n) is 8.02. The molecule has 2 aromatic rings. The second-order valence-electron chi connectivity index (χ2n) is 10.4. The lowest BCUT2D eigenvalue weighted by Crippen LogP contribution is -2.58. The van der Waals surface area contributed by atoms with Crippen LogP contribution in [0, 0.1) is 32.1 Å². The third kappa shape index (κ3) is 3.72. The zero-order valence-electron chi connectivity index (χ0n) is 19.4. The number of aryl methyl sites for hydroxylation is 3. The Bertz CT molecular complexity index is 1060. The predicted molar refractivity (Wildman–Crippen MR) is 122 cm³/mol. The number of β-amino-alcohol motifs (C(OH)–C–C–N with tert-alkyl or cyclic N) is 1. The van der Waals surface area contributed by atoms with Crippen LogP contribution < -0.4 is 0 Å². The van der Waals surface area contributed by atoms with Crippen LogP contribution in [0.3, 0.4) is 0 Å². The van der Waals surface area contributed by atoms with Crippen LogP contribution in [0.15, 0.2) is 16.7 Å². The molecular weight excluding hydrogens is 404 g/mol. The maximum atomic E-state index is 13.3. The van der Waals surface area contributed by atoms with E-state index in [2.05, 4.69) is 26.8 Å². The first-order valence-corrected chi connectivity index (χ1v) is 12.0. The molecule has 0 bridgehead atoms. The number of hydrogen-bond acceptors (Lipinski definition) is 4. The van der Waals surface area contributed by atoms with E-state index in [1.807, 2.05) is 9.80 Å². The minimum atomic E-state index is -0.503. The van der Waals surface area contributed by atoms with Crippen molar-refractivity contribution in [2.75, 3.05) is 26.2 Å². The van der Waals surface area contributed by atoms with Gasteiger partial charge in [-0.1, -0.05) is 6.07 Å². The summed E-state index contributed by atoms with van der Waals surface area (Å²) in [5.41, 5.74) is 4.76. The number of aliphatic hydroxyl groups excluding tert-OH is 1. The molecule has 1 aliphatic carbocycles. The Morgan fingerprint density at radius 1 is 1.19 bits per heavy atom. The molecule has 172 valence electrons. The van der Waals surface area contributed by atoms with E-state index in [1.165, 1.54) is 18.4 Å². The number of furan rings is 1. The molecule has 32 heavy (non-hydrogen) atoms. The summed E-state index contributed by atoms with van der Waals surface area (Å²) in [5.74, 6) is 0.895. The van der Waals surface area contributed by atoms with Crippen molar-refractivity contribution in [3.05, 3.63) is 34.6 Å². The van der Waals surface area contributed by atoms with Gasteiger partial charge in [-0.25, -0.2) is 0 Å². The largest absolute Gasteiger partial charge is 0.464 e. The van der Waals surface area contributed by atoms with Gasteiger partial charge in [0.25, 0.3) is 0 Å². The number of hydrogen-bond donors (Lipinski definition) is 1. The van der Waals surface area contributed by atoms with Gasteiger partial charge in [0.2, 0.25) is 11.8 Å². The number of carbonyl (C=O) groups is 2. The zero-order valence-corrected chi connectivity index (χ0v) is 19.4. The fraction of sp³-hybridized carbons (Fsp3) is 0.615. The second kappa shape index (κ2) is 7.91. The van der Waals surface area contributed by atoms with Gasteiger partial charge in [0.1, 0.15) is 5.58 Å². The number of carbonyl (C=O) groups excluding carboxylic acids is 2. The van der Waals surface area contributed by atoms with Crippen LogP contribution in [0.5, 0.6) is 0 Å². The zero-order chi connectivity index (χ0) is 22.6. The SMILES string of the molecule is Cc1cc(C)c2c(CC(=O)N3CCC4(CC3)CC(O)CN(CC3CC3)C4=O)coc2c1C. The van der Waals surface area contributed by atoms with Gasteiger partial charge in [0.15, 0.2) is 0 Å². The molecule has 1 atom stereocenters. The summed E-state index contributed by atoms with van der Waals surface area (Å²) in [6.07, 6.45) is 5.77. The summed E-state index contributed by atoms with van der Waals surface area (Å²) in [6.45, 7) is 8.59. The first-order chi connectivity index (χ1) is 15.3. The van der Waals surface area contributed by atoms with E-state index in [-0.39, 0.29) is 11.8 Å². The van der Waals surface area contributed by atoms with Gasteiger partial charge in [-0.2, -0.15) is 0 Å². The van der Waals surface area contributed by atoms with Crippen molar-refractivity contribution in [1.29, 1.82) is 0 Å². The molecule has 3 fully saturated rings. The van der Waals surface area contributed by atoms with E-state index in [1.54, 1.807) is 6.26 Å². The Kier molecular flexibility index (Phi) is 5.31. The summed E-state index contributed by atoms with van der Waals surface area (Å²) in [5, 5.41) is 11.5. The molecule has 1 aromatic carbocycles. The normalized spacial score (nSPS) is 23.4. The summed E-state index contributed by atoms with van der Waals surface area (Å²) >= 11 is 0. The first kappa shape index (κ1) is 21.5. The van der Waals surface area contributed by atoms with Crippen LogP contribution in [0.1, 0.15) is 54.4 Å². The third-order valence-corrected chi connectivity index (χ3v) is 8.02. The Morgan fingerprint density at radius 2 is 1.91 bits per heavy atom. The maximum absolute atomic E-state index is 13.3. The van der Waals surface area contributed by atoms with Gasteiger partial charge in [-0.05, 0) is 75.5 Å². The molecule has 1 saturated carbocycles. The monoisotopic (exact) mass is 438 g/mol. The predicted octanol–water partition coefficient (Wildman–Crippen LogP) is 3.51. The molecule has 6 nitrogen and oxygen atoms in total. The molecule has 6 heteroatoms. The van der Waals surface area contributed by atoms with Crippen LogP contribution >= 0.6 is 0 Å². The highest BCUT2D eigenvalue weighted by Gasteiger charge is 2.49. The highest BCUT2D eigenvalue weighted by molar-refractivity contribution is 5.92. The summed E-state index contributed by atoms with van der Waals surface area (Å²) in [4.78, 5) is 30.2. The number of benzene rings is 1. The Morgan fingerprint density at radius 3 is 2.59 bits per heavy atom. The standard InChI is InChI=1S/C26H34N2O4/c1-16-10-17(2)23-20(15-32-24(23)18(16)3)11-22(30)27-8-6-26(7-9-27)12-21(29)14-28(25(26)31)13-19-4-5-19/h10,15,19,21,29H,4-9,11-14H2,1-3H3. The van der Waals surface area contributed by atoms with Gasteiger partial charge in [-0.15, -0.1) is 0 Å². The average molecular weight is 439 g/mol. The molecule has 1 unspecified atom stereocenters. The van der Waals surface area contributed by atoms with Gasteiger partial charge < -0.3 is 19.3 Å². The van der Waals surface area contributed by atoms with Crippen molar-refractivity contribution in [2.24, 2.45) is 11.3 Å². The Balaban J connectivity index is 1.27. The molecule has 2 saturated heterocycles. The lowest BCUT2D eigenvalue weighted by Gasteiger charge is -2.48. The van der Waals surface area contributed by atoms with Crippen LogP contribution in [0.4, 0.5) is 0 Å². The molecule has 3 aliphatic rings. The quantitative estimate of drug-likeness (QED) is 0.793. The van der Waals surface area contributed by atoms with Gasteiger partial charge >= 0.3 is 0 Å². The molecule has 5 rings (SSSR count). The molecule has 1 N–H and O–H groups in total. The minimum absolute atomic E-state index is 0.0822. The van der Waals surface area contributed by atoms with E-state index in [0.717, 1.165) is 34.2 Å². The van der Waals surface area contributed by atoms with Crippen LogP contribution in [0.25, 0.3) is 11.0 Å². The molecule has 1 spiro atoms. The Labute approximate surface area is 189 Å². The highest BCUT2D eigenvalue weighted by Crippen LogP contribution is 2.42. The van der Waals surface area contributed by atoms with E-state index < -0.39 is 11.5 Å². The van der Waals surface area contributed by atoms with E-state index in [9.17, 15) is 14.7 Å². The van der Waals surface area contributed by atoms with Crippen molar-refractivity contribution in [1.82, 2.24) is 9.80 Å². The molecule has 1 aromatic heterocycles. The van der Waals surface area contributed by atoms with Crippen molar-refractivity contribution < 1.29 is 19.1 Å². The Hall–Kier alpha value is -2.34. The smallest absolute Gasteiger partial charge is 0.229 e. The summed E-state index contributed by atoms with van der Waals surface area (Å²) in [6, 6.07) is 2.15. The number of nitrogens with zero attached hydrogens (tertiary/aromatic N) is 2. The lowest BCUT2D eigenvalue weighted by atomic mass is 9.70. The van der Waals surface area contributed by atoms with E-state index in [4.69, 9.17) is 4.42 Å². The van der Waals surface area contributed by atoms with Crippen LogP contribution in [-0.4, -0.2) is 59.0 Å². The molecule has 0 radical (unpaired) electrons. The number of amides is 2. The van der Waals surface area contributed by atoms with Crippen LogP contribution in [-0.2, 0) is 16.0 Å². The fourth-order valence-corrected chi connectivity index (χ4v) is 5.84. The second-order valence-corrected chi connectivity index (χ2v) is 10.4. The minimum Gasteiger partial charge on any atom is -0.464 e.